The summed E-state index contributed by atoms with van der Waals surface area (Å²) in [6.45, 7) is 8.38. The number of hydrogen-bond acceptors (Lipinski definition) is 2. The Kier molecular flexibility index (Phi) is 3.53. The van der Waals surface area contributed by atoms with Gasteiger partial charge in [-0.25, -0.2) is 0 Å². The van der Waals surface area contributed by atoms with Gasteiger partial charge in [-0.3, -0.25) is 0 Å². The van der Waals surface area contributed by atoms with Gasteiger partial charge in [-0.1, -0.05) is 33.6 Å². The molecule has 2 aliphatic rings. The van der Waals surface area contributed by atoms with Crippen LogP contribution in [0.4, 0.5) is 0 Å². The van der Waals surface area contributed by atoms with Gasteiger partial charge in [0, 0.05) is 15.3 Å². The van der Waals surface area contributed by atoms with Crippen LogP contribution in [0.3, 0.4) is 0 Å². The minimum atomic E-state index is -0.256. The molecule has 0 aromatic heterocycles. The smallest absolute Gasteiger partial charge is 0.403 e. The topological polar surface area (TPSA) is 18.5 Å². The van der Waals surface area contributed by atoms with Gasteiger partial charge in [0.1, 0.15) is 0 Å². The van der Waals surface area contributed by atoms with E-state index in [9.17, 15) is 0 Å². The predicted octanol–water partition coefficient (Wildman–Crippen LogP) is 5.05. The first kappa shape index (κ1) is 14.9. The molecule has 1 aromatic rings. The Morgan fingerprint density at radius 1 is 1.20 bits per heavy atom. The monoisotopic (exact) mass is 356 g/mol. The van der Waals surface area contributed by atoms with E-state index in [0.29, 0.717) is 11.7 Å². The molecule has 2 unspecified atom stereocenters. The first-order valence-electron chi connectivity index (χ1n) is 7.02. The molecule has 0 radical (unpaired) electrons. The zero-order chi connectivity index (χ0) is 14.7. The summed E-state index contributed by atoms with van der Waals surface area (Å²) >= 11 is 9.78. The van der Waals surface area contributed by atoms with Crippen LogP contribution in [0, 0.1) is 0 Å². The maximum atomic E-state index is 6.34. The van der Waals surface area contributed by atoms with Crippen molar-refractivity contribution < 1.29 is 9.31 Å². The van der Waals surface area contributed by atoms with Gasteiger partial charge in [0.2, 0.25) is 0 Å². The predicted molar refractivity (Wildman–Crippen MR) is 86.3 cm³/mol. The third kappa shape index (κ3) is 2.45. The second-order valence-corrected chi connectivity index (χ2v) is 8.12. The molecule has 2 fully saturated rings. The molecule has 1 saturated heterocycles. The van der Waals surface area contributed by atoms with Crippen molar-refractivity contribution in [2.75, 3.05) is 0 Å². The van der Waals surface area contributed by atoms with E-state index < -0.39 is 0 Å². The van der Waals surface area contributed by atoms with Crippen LogP contribution in [-0.2, 0) is 9.31 Å². The van der Waals surface area contributed by atoms with Crippen LogP contribution in [-0.4, -0.2) is 18.3 Å². The standard InChI is InChI=1S/C15H19BBrClO2/c1-14(2)15(3,4)20-16(19-14)12-8-11(12)10-6-5-9(17)7-13(10)18/h5-7,11-12H,8H2,1-4H3. The molecule has 0 spiro atoms. The normalized spacial score (nSPS) is 30.6. The quantitative estimate of drug-likeness (QED) is 0.690. The molecule has 5 heteroatoms. The molecule has 1 saturated carbocycles. The highest BCUT2D eigenvalue weighted by atomic mass is 79.9. The number of halogens is 2. The average Bonchev–Trinajstić information content (AvgIpc) is 3.02. The third-order valence-electron chi connectivity index (χ3n) is 4.82. The van der Waals surface area contributed by atoms with E-state index in [1.165, 1.54) is 5.56 Å². The van der Waals surface area contributed by atoms with Crippen molar-refractivity contribution in [1.29, 1.82) is 0 Å². The van der Waals surface area contributed by atoms with Crippen LogP contribution in [0.5, 0.6) is 0 Å². The molecule has 1 aliphatic carbocycles. The van der Waals surface area contributed by atoms with Gasteiger partial charge in [0.15, 0.2) is 0 Å². The molecule has 0 amide bonds. The summed E-state index contributed by atoms with van der Waals surface area (Å²) in [5.41, 5.74) is 0.692. The molecular weight excluding hydrogens is 338 g/mol. The van der Waals surface area contributed by atoms with Crippen molar-refractivity contribution in [2.45, 2.75) is 57.1 Å². The summed E-state index contributed by atoms with van der Waals surface area (Å²) in [6.07, 6.45) is 1.08. The fourth-order valence-corrected chi connectivity index (χ4v) is 3.55. The van der Waals surface area contributed by atoms with Crippen molar-refractivity contribution in [3.05, 3.63) is 33.3 Å². The van der Waals surface area contributed by atoms with Crippen molar-refractivity contribution in [3.63, 3.8) is 0 Å². The molecule has 1 aliphatic heterocycles. The zero-order valence-electron chi connectivity index (χ0n) is 12.2. The van der Waals surface area contributed by atoms with Gasteiger partial charge in [-0.2, -0.15) is 0 Å². The van der Waals surface area contributed by atoms with Crippen molar-refractivity contribution >= 4 is 34.6 Å². The van der Waals surface area contributed by atoms with Crippen molar-refractivity contribution in [2.24, 2.45) is 0 Å². The first-order chi connectivity index (χ1) is 9.21. The number of hydrogen-bond donors (Lipinski definition) is 0. The Hall–Kier alpha value is -0.0251. The molecule has 0 N–H and O–H groups in total. The number of benzene rings is 1. The van der Waals surface area contributed by atoms with E-state index in [0.717, 1.165) is 15.9 Å². The average molecular weight is 357 g/mol. The molecule has 1 aromatic carbocycles. The highest BCUT2D eigenvalue weighted by Gasteiger charge is 2.60. The number of rotatable bonds is 2. The molecule has 3 rings (SSSR count). The molecule has 0 bridgehead atoms. The van der Waals surface area contributed by atoms with Gasteiger partial charge in [0.05, 0.1) is 11.2 Å². The second kappa shape index (κ2) is 4.74. The lowest BCUT2D eigenvalue weighted by Gasteiger charge is -2.32. The minimum Gasteiger partial charge on any atom is -0.403 e. The maximum absolute atomic E-state index is 6.34. The van der Waals surface area contributed by atoms with Crippen molar-refractivity contribution in [1.82, 2.24) is 0 Å². The fraction of sp³-hybridized carbons (Fsp3) is 0.600. The van der Waals surface area contributed by atoms with Gasteiger partial charge < -0.3 is 9.31 Å². The summed E-state index contributed by atoms with van der Waals surface area (Å²) in [5, 5.41) is 0.823. The van der Waals surface area contributed by atoms with E-state index >= 15 is 0 Å². The van der Waals surface area contributed by atoms with Crippen LogP contribution < -0.4 is 0 Å². The Morgan fingerprint density at radius 2 is 1.80 bits per heavy atom. The van der Waals surface area contributed by atoms with Crippen LogP contribution in [0.15, 0.2) is 22.7 Å². The highest BCUT2D eigenvalue weighted by Crippen LogP contribution is 2.59. The van der Waals surface area contributed by atoms with E-state index in [2.05, 4.69) is 49.7 Å². The van der Waals surface area contributed by atoms with Gasteiger partial charge in [-0.05, 0) is 57.7 Å². The lowest BCUT2D eigenvalue weighted by atomic mass is 9.79. The Bertz CT molecular complexity index is 531. The third-order valence-corrected chi connectivity index (χ3v) is 5.64. The van der Waals surface area contributed by atoms with Crippen molar-refractivity contribution in [3.8, 4) is 0 Å². The fourth-order valence-electron chi connectivity index (χ4n) is 2.74. The molecule has 2 atom stereocenters. The Balaban J connectivity index is 1.74. The summed E-state index contributed by atoms with van der Waals surface area (Å²) in [4.78, 5) is 0. The molecular formula is C15H19BBrClO2. The lowest BCUT2D eigenvalue weighted by Crippen LogP contribution is -2.41. The van der Waals surface area contributed by atoms with E-state index in [4.69, 9.17) is 20.9 Å². The lowest BCUT2D eigenvalue weighted by molar-refractivity contribution is 0.00578. The molecule has 20 heavy (non-hydrogen) atoms. The van der Waals surface area contributed by atoms with E-state index in [1.807, 2.05) is 12.1 Å². The van der Waals surface area contributed by atoms with Gasteiger partial charge >= 0.3 is 7.12 Å². The highest BCUT2D eigenvalue weighted by molar-refractivity contribution is 9.10. The summed E-state index contributed by atoms with van der Waals surface area (Å²) < 4.78 is 13.3. The summed E-state index contributed by atoms with van der Waals surface area (Å²) in [5.74, 6) is 0.861. The maximum Gasteiger partial charge on any atom is 0.461 e. The Morgan fingerprint density at radius 3 is 2.35 bits per heavy atom. The van der Waals surface area contributed by atoms with Crippen LogP contribution in [0.25, 0.3) is 0 Å². The largest absolute Gasteiger partial charge is 0.461 e. The van der Waals surface area contributed by atoms with E-state index in [-0.39, 0.29) is 18.3 Å². The Labute approximate surface area is 134 Å². The SMILES string of the molecule is CC1(C)OB(C2CC2c2ccc(Br)cc2Cl)OC1(C)C. The van der Waals surface area contributed by atoms with Crippen LogP contribution in [0.1, 0.15) is 45.6 Å². The second-order valence-electron chi connectivity index (χ2n) is 6.80. The van der Waals surface area contributed by atoms with Gasteiger partial charge in [0.25, 0.3) is 0 Å². The van der Waals surface area contributed by atoms with Gasteiger partial charge in [-0.15, -0.1) is 0 Å². The molecule has 108 valence electrons. The van der Waals surface area contributed by atoms with Crippen LogP contribution in [0.2, 0.25) is 10.8 Å². The summed E-state index contributed by atoms with van der Waals surface area (Å²) in [7, 11) is -0.121. The first-order valence-corrected chi connectivity index (χ1v) is 8.19. The van der Waals surface area contributed by atoms with E-state index in [1.54, 1.807) is 0 Å². The summed E-state index contributed by atoms with van der Waals surface area (Å²) in [6, 6.07) is 6.10. The molecule has 2 nitrogen and oxygen atoms in total. The minimum absolute atomic E-state index is 0.121. The molecule has 1 heterocycles. The zero-order valence-corrected chi connectivity index (χ0v) is 14.6. The van der Waals surface area contributed by atoms with Crippen LogP contribution >= 0.6 is 27.5 Å².